The molecule has 4 rings (SSSR count). The Bertz CT molecular complexity index is 1120. The molecule has 150 valence electrons. The number of rotatable bonds is 5. The van der Waals surface area contributed by atoms with Crippen molar-refractivity contribution in [2.45, 2.75) is 43.5 Å². The SMILES string of the molecule is Cc1cc(-c2cc(S(C)(=O)=O)ccc2OCC2CC2)c2n(c1=O)CCC2(F)F. The van der Waals surface area contributed by atoms with Crippen LogP contribution in [-0.4, -0.2) is 25.8 Å². The Kier molecular flexibility index (Phi) is 4.37. The van der Waals surface area contributed by atoms with Gasteiger partial charge < -0.3 is 9.30 Å². The molecule has 1 saturated carbocycles. The molecule has 0 unspecified atom stereocenters. The van der Waals surface area contributed by atoms with Gasteiger partial charge in [0, 0.05) is 35.9 Å². The van der Waals surface area contributed by atoms with Crippen LogP contribution in [0.15, 0.2) is 34.0 Å². The van der Waals surface area contributed by atoms with Crippen LogP contribution in [0.5, 0.6) is 5.75 Å². The summed E-state index contributed by atoms with van der Waals surface area (Å²) in [5.41, 5.74) is -0.0667. The fourth-order valence-electron chi connectivity index (χ4n) is 3.56. The van der Waals surface area contributed by atoms with E-state index in [0.29, 0.717) is 23.8 Å². The van der Waals surface area contributed by atoms with Crippen LogP contribution >= 0.6 is 0 Å². The number of sulfone groups is 1. The Balaban J connectivity index is 1.96. The van der Waals surface area contributed by atoms with Gasteiger partial charge in [-0.15, -0.1) is 0 Å². The van der Waals surface area contributed by atoms with Gasteiger partial charge in [0.25, 0.3) is 11.5 Å². The van der Waals surface area contributed by atoms with Crippen LogP contribution in [0, 0.1) is 12.8 Å². The average molecular weight is 409 g/mol. The Morgan fingerprint density at radius 2 is 1.93 bits per heavy atom. The van der Waals surface area contributed by atoms with Gasteiger partial charge in [0.1, 0.15) is 5.75 Å². The molecule has 2 heterocycles. The lowest BCUT2D eigenvalue weighted by Gasteiger charge is -2.19. The van der Waals surface area contributed by atoms with Gasteiger partial charge in [0.15, 0.2) is 9.84 Å². The number of aromatic nitrogens is 1. The Morgan fingerprint density at radius 3 is 2.57 bits per heavy atom. The predicted molar refractivity (Wildman–Crippen MR) is 101 cm³/mol. The van der Waals surface area contributed by atoms with Gasteiger partial charge in [0.05, 0.1) is 17.2 Å². The average Bonchev–Trinajstić information content (AvgIpc) is 3.38. The number of hydrogen-bond donors (Lipinski definition) is 0. The summed E-state index contributed by atoms with van der Waals surface area (Å²) in [6, 6.07) is 5.71. The Morgan fingerprint density at radius 1 is 1.21 bits per heavy atom. The van der Waals surface area contributed by atoms with Crippen molar-refractivity contribution in [3.63, 3.8) is 0 Å². The smallest absolute Gasteiger partial charge is 0.290 e. The van der Waals surface area contributed by atoms with Crippen LogP contribution in [0.3, 0.4) is 0 Å². The summed E-state index contributed by atoms with van der Waals surface area (Å²) in [5, 5.41) is 0. The van der Waals surface area contributed by atoms with E-state index in [9.17, 15) is 22.0 Å². The third-order valence-electron chi connectivity index (χ3n) is 5.31. The van der Waals surface area contributed by atoms with E-state index in [4.69, 9.17) is 4.74 Å². The number of pyridine rings is 1. The first kappa shape index (κ1) is 19.1. The fraction of sp³-hybridized carbons (Fsp3) is 0.450. The number of halogens is 2. The molecule has 0 atom stereocenters. The minimum Gasteiger partial charge on any atom is -0.493 e. The quantitative estimate of drug-likeness (QED) is 0.758. The summed E-state index contributed by atoms with van der Waals surface area (Å²) in [6.07, 6.45) is 2.73. The van der Waals surface area contributed by atoms with Crippen LogP contribution in [-0.2, 0) is 22.3 Å². The summed E-state index contributed by atoms with van der Waals surface area (Å²) in [4.78, 5) is 12.4. The molecule has 2 aromatic rings. The third-order valence-corrected chi connectivity index (χ3v) is 6.42. The molecular weight excluding hydrogens is 388 g/mol. The van der Waals surface area contributed by atoms with Crippen molar-refractivity contribution >= 4 is 9.84 Å². The first-order valence-corrected chi connectivity index (χ1v) is 11.1. The lowest BCUT2D eigenvalue weighted by molar-refractivity contribution is -0.00174. The van der Waals surface area contributed by atoms with Crippen LogP contribution < -0.4 is 10.3 Å². The molecule has 1 aromatic heterocycles. The molecule has 0 saturated heterocycles. The molecule has 0 amide bonds. The fourth-order valence-corrected chi connectivity index (χ4v) is 4.21. The standard InChI is InChI=1S/C20H21F2NO4S/c1-12-9-16(18-20(21,22)7-8-23(18)19(12)24)15-10-14(28(2,25)26)5-6-17(15)27-11-13-3-4-13/h5-6,9-10,13H,3-4,7-8,11H2,1-2H3. The molecule has 0 N–H and O–H groups in total. The second kappa shape index (κ2) is 6.40. The monoisotopic (exact) mass is 409 g/mol. The summed E-state index contributed by atoms with van der Waals surface area (Å²) in [6.45, 7) is 1.95. The molecule has 8 heteroatoms. The predicted octanol–water partition coefficient (Wildman–Crippen LogP) is 3.51. The van der Waals surface area contributed by atoms with Crippen LogP contribution in [0.2, 0.25) is 0 Å². The highest BCUT2D eigenvalue weighted by Crippen LogP contribution is 2.45. The highest BCUT2D eigenvalue weighted by atomic mass is 32.2. The molecule has 5 nitrogen and oxygen atoms in total. The molecule has 2 aliphatic rings. The molecule has 28 heavy (non-hydrogen) atoms. The van der Waals surface area contributed by atoms with E-state index in [2.05, 4.69) is 0 Å². The number of hydrogen-bond acceptors (Lipinski definition) is 4. The lowest BCUT2D eigenvalue weighted by Crippen LogP contribution is -2.24. The molecule has 0 bridgehead atoms. The van der Waals surface area contributed by atoms with Crippen molar-refractivity contribution in [3.05, 3.63) is 45.9 Å². The highest BCUT2D eigenvalue weighted by molar-refractivity contribution is 7.90. The maximum absolute atomic E-state index is 14.7. The van der Waals surface area contributed by atoms with Crippen molar-refractivity contribution in [2.75, 3.05) is 12.9 Å². The zero-order chi connectivity index (χ0) is 20.3. The molecule has 1 aliphatic carbocycles. The topological polar surface area (TPSA) is 65.4 Å². The first-order valence-electron chi connectivity index (χ1n) is 9.18. The second-order valence-electron chi connectivity index (χ2n) is 7.69. The van der Waals surface area contributed by atoms with E-state index in [1.54, 1.807) is 6.92 Å². The zero-order valence-electron chi connectivity index (χ0n) is 15.7. The summed E-state index contributed by atoms with van der Waals surface area (Å²) in [7, 11) is -3.54. The summed E-state index contributed by atoms with van der Waals surface area (Å²) >= 11 is 0. The summed E-state index contributed by atoms with van der Waals surface area (Å²) < 4.78 is 60.4. The van der Waals surface area contributed by atoms with Crippen LogP contribution in [0.4, 0.5) is 8.78 Å². The number of ether oxygens (including phenoxy) is 1. The van der Waals surface area contributed by atoms with Crippen molar-refractivity contribution in [1.29, 1.82) is 0 Å². The normalized spacial score (nSPS) is 18.1. The largest absolute Gasteiger partial charge is 0.493 e. The van der Waals surface area contributed by atoms with Crippen molar-refractivity contribution in [1.82, 2.24) is 4.57 Å². The van der Waals surface area contributed by atoms with E-state index >= 15 is 0 Å². The Hall–Kier alpha value is -2.22. The molecule has 1 aliphatic heterocycles. The third kappa shape index (κ3) is 3.34. The van der Waals surface area contributed by atoms with E-state index < -0.39 is 27.7 Å². The van der Waals surface area contributed by atoms with Gasteiger partial charge >= 0.3 is 0 Å². The Labute approximate surface area is 161 Å². The van der Waals surface area contributed by atoms with Crippen molar-refractivity contribution in [3.8, 4) is 16.9 Å². The second-order valence-corrected chi connectivity index (χ2v) is 9.70. The van der Waals surface area contributed by atoms with Crippen LogP contribution in [0.25, 0.3) is 11.1 Å². The van der Waals surface area contributed by atoms with Crippen LogP contribution in [0.1, 0.15) is 30.5 Å². The minimum absolute atomic E-state index is 0.0187. The van der Waals surface area contributed by atoms with Gasteiger partial charge in [-0.05, 0) is 49.9 Å². The van der Waals surface area contributed by atoms with E-state index in [1.807, 2.05) is 0 Å². The maximum atomic E-state index is 14.7. The number of aryl methyl sites for hydroxylation is 1. The minimum atomic E-state index is -3.54. The summed E-state index contributed by atoms with van der Waals surface area (Å²) in [5.74, 6) is -2.38. The molecule has 1 fully saturated rings. The number of fused-ring (bicyclic) bond motifs is 1. The maximum Gasteiger partial charge on any atom is 0.290 e. The van der Waals surface area contributed by atoms with Crippen molar-refractivity contribution in [2.24, 2.45) is 5.92 Å². The van der Waals surface area contributed by atoms with Gasteiger partial charge in [0.2, 0.25) is 0 Å². The molecule has 0 spiro atoms. The van der Waals surface area contributed by atoms with E-state index in [-0.39, 0.29) is 28.3 Å². The lowest BCUT2D eigenvalue weighted by atomic mass is 9.98. The van der Waals surface area contributed by atoms with Gasteiger partial charge in [-0.3, -0.25) is 4.79 Å². The van der Waals surface area contributed by atoms with Gasteiger partial charge in [-0.1, -0.05) is 0 Å². The molecular formula is C20H21F2NO4S. The molecule has 1 aromatic carbocycles. The first-order chi connectivity index (χ1) is 13.1. The number of nitrogens with zero attached hydrogens (tertiary/aromatic N) is 1. The van der Waals surface area contributed by atoms with E-state index in [0.717, 1.165) is 23.7 Å². The van der Waals surface area contributed by atoms with Crippen molar-refractivity contribution < 1.29 is 21.9 Å². The van der Waals surface area contributed by atoms with Gasteiger partial charge in [-0.25, -0.2) is 8.42 Å². The van der Waals surface area contributed by atoms with Gasteiger partial charge in [-0.2, -0.15) is 8.78 Å². The highest BCUT2D eigenvalue weighted by Gasteiger charge is 2.43. The van der Waals surface area contributed by atoms with E-state index in [1.165, 1.54) is 24.3 Å². The number of alkyl halides is 2. The number of benzene rings is 1. The zero-order valence-corrected chi connectivity index (χ0v) is 16.5. The molecule has 0 radical (unpaired) electrons.